The molecule has 1 amide bonds. The van der Waals surface area contributed by atoms with E-state index in [9.17, 15) is 15.0 Å². The minimum absolute atomic E-state index is 0. The van der Waals surface area contributed by atoms with E-state index >= 15 is 0 Å². The quantitative estimate of drug-likeness (QED) is 0.628. The van der Waals surface area contributed by atoms with Crippen LogP contribution < -0.4 is 5.73 Å². The fraction of sp³-hybridized carbons (Fsp3) is 0.316. The maximum absolute atomic E-state index is 11.2. The molecule has 0 atom stereocenters. The lowest BCUT2D eigenvalue weighted by atomic mass is 10.1. The molecule has 0 spiro atoms. The second kappa shape index (κ2) is 9.91. The summed E-state index contributed by atoms with van der Waals surface area (Å²) in [5.74, 6) is -0.569. The van der Waals surface area contributed by atoms with E-state index in [1.165, 1.54) is 6.07 Å². The smallest absolute Gasteiger partial charge is 0.248 e. The van der Waals surface area contributed by atoms with Crippen molar-refractivity contribution in [2.24, 2.45) is 5.73 Å². The van der Waals surface area contributed by atoms with Gasteiger partial charge in [-0.05, 0) is 68.2 Å². The lowest BCUT2D eigenvalue weighted by Gasteiger charge is -2.16. The first kappa shape index (κ1) is 20.8. The Morgan fingerprint density at radius 3 is 2.40 bits per heavy atom. The Bertz CT molecular complexity index is 707. The number of benzene rings is 2. The predicted molar refractivity (Wildman–Crippen MR) is 102 cm³/mol. The Balaban J connectivity index is 0.00000312. The van der Waals surface area contributed by atoms with Crippen LogP contribution in [-0.2, 0) is 12.8 Å². The van der Waals surface area contributed by atoms with E-state index in [0.717, 1.165) is 43.5 Å². The fourth-order valence-electron chi connectivity index (χ4n) is 2.59. The number of hydrogen-bond donors (Lipinski definition) is 3. The Kier molecular flexibility index (Phi) is 8.25. The second-order valence-corrected chi connectivity index (χ2v) is 6.04. The van der Waals surface area contributed by atoms with Gasteiger partial charge < -0.3 is 20.8 Å². The molecule has 0 aliphatic heterocycles. The molecule has 0 saturated heterocycles. The zero-order chi connectivity index (χ0) is 17.5. The van der Waals surface area contributed by atoms with Crippen LogP contribution in [0.2, 0.25) is 0 Å². The number of phenols is 2. The number of halogens is 1. The average molecular weight is 365 g/mol. The van der Waals surface area contributed by atoms with Crippen LogP contribution in [0.3, 0.4) is 0 Å². The van der Waals surface area contributed by atoms with Crippen molar-refractivity contribution in [3.05, 3.63) is 59.2 Å². The highest BCUT2D eigenvalue weighted by Gasteiger charge is 2.05. The molecule has 0 bridgehead atoms. The number of phenolic OH excluding ortho intramolecular Hbond substituents is 2. The number of likely N-dealkylation sites (N-methyl/N-ethyl adjacent to an activating group) is 1. The number of amides is 1. The third-order valence-electron chi connectivity index (χ3n) is 4.04. The Hall–Kier alpha value is -2.24. The maximum atomic E-state index is 11.2. The van der Waals surface area contributed by atoms with Crippen molar-refractivity contribution < 1.29 is 15.0 Å². The van der Waals surface area contributed by atoms with Gasteiger partial charge in [0.05, 0.1) is 0 Å². The molecule has 2 aromatic carbocycles. The molecule has 136 valence electrons. The molecule has 0 radical (unpaired) electrons. The molecule has 0 unspecified atom stereocenters. The van der Waals surface area contributed by atoms with Crippen LogP contribution in [0.1, 0.15) is 27.9 Å². The highest BCUT2D eigenvalue weighted by atomic mass is 35.5. The van der Waals surface area contributed by atoms with E-state index in [1.807, 2.05) is 24.3 Å². The first-order valence-electron chi connectivity index (χ1n) is 8.04. The topological polar surface area (TPSA) is 86.8 Å². The molecule has 6 heteroatoms. The third kappa shape index (κ3) is 6.64. The standard InChI is InChI=1S/C19H24N2O3.ClH/c1-21(11-9-15-7-8-17(22)18(23)13-15)10-3-5-14-4-2-6-16(12-14)19(20)24;/h2,4,6-8,12-13,22-23H,3,5,9-11H2,1H3,(H2,20,24);1H. The van der Waals surface area contributed by atoms with Gasteiger partial charge in [0.1, 0.15) is 0 Å². The number of hydrogen-bond acceptors (Lipinski definition) is 4. The van der Waals surface area contributed by atoms with Gasteiger partial charge in [-0.3, -0.25) is 4.79 Å². The number of nitrogens with two attached hydrogens (primary N) is 1. The van der Waals surface area contributed by atoms with Crippen molar-refractivity contribution in [3.63, 3.8) is 0 Å². The van der Waals surface area contributed by atoms with Gasteiger partial charge in [0.15, 0.2) is 11.5 Å². The number of carbonyl (C=O) groups is 1. The molecule has 0 fully saturated rings. The van der Waals surface area contributed by atoms with Crippen LogP contribution in [0.25, 0.3) is 0 Å². The molecule has 0 heterocycles. The normalized spacial score (nSPS) is 10.5. The van der Waals surface area contributed by atoms with Gasteiger partial charge in [0.2, 0.25) is 5.91 Å². The SMILES string of the molecule is CN(CCCc1cccc(C(N)=O)c1)CCc1ccc(O)c(O)c1.Cl. The van der Waals surface area contributed by atoms with Crippen molar-refractivity contribution in [1.29, 1.82) is 0 Å². The highest BCUT2D eigenvalue weighted by molar-refractivity contribution is 5.92. The van der Waals surface area contributed by atoms with Crippen LogP contribution in [0.5, 0.6) is 11.5 Å². The van der Waals surface area contributed by atoms with Gasteiger partial charge in [-0.2, -0.15) is 0 Å². The Morgan fingerprint density at radius 1 is 1.00 bits per heavy atom. The summed E-state index contributed by atoms with van der Waals surface area (Å²) in [5, 5.41) is 18.8. The largest absolute Gasteiger partial charge is 0.504 e. The van der Waals surface area contributed by atoms with E-state index in [1.54, 1.807) is 12.1 Å². The van der Waals surface area contributed by atoms with E-state index in [2.05, 4.69) is 11.9 Å². The molecule has 0 aromatic heterocycles. The minimum Gasteiger partial charge on any atom is -0.504 e. The number of aromatic hydroxyl groups is 2. The summed E-state index contributed by atoms with van der Waals surface area (Å²) < 4.78 is 0. The van der Waals surface area contributed by atoms with Crippen molar-refractivity contribution in [3.8, 4) is 11.5 Å². The zero-order valence-corrected chi connectivity index (χ0v) is 15.1. The first-order chi connectivity index (χ1) is 11.5. The lowest BCUT2D eigenvalue weighted by Crippen LogP contribution is -2.22. The van der Waals surface area contributed by atoms with Crippen LogP contribution in [0.4, 0.5) is 0 Å². The van der Waals surface area contributed by atoms with E-state index in [0.29, 0.717) is 5.56 Å². The summed E-state index contributed by atoms with van der Waals surface area (Å²) >= 11 is 0. The van der Waals surface area contributed by atoms with E-state index < -0.39 is 5.91 Å². The average Bonchev–Trinajstić information content (AvgIpc) is 2.56. The van der Waals surface area contributed by atoms with Crippen molar-refractivity contribution in [2.45, 2.75) is 19.3 Å². The number of nitrogens with zero attached hydrogens (tertiary/aromatic N) is 1. The number of carbonyl (C=O) groups excluding carboxylic acids is 1. The van der Waals surface area contributed by atoms with Gasteiger partial charge in [-0.25, -0.2) is 0 Å². The van der Waals surface area contributed by atoms with E-state index in [-0.39, 0.29) is 23.9 Å². The molecule has 0 aliphatic carbocycles. The molecule has 0 aliphatic rings. The van der Waals surface area contributed by atoms with Crippen molar-refractivity contribution >= 4 is 18.3 Å². The summed E-state index contributed by atoms with van der Waals surface area (Å²) in [6.45, 7) is 1.80. The highest BCUT2D eigenvalue weighted by Crippen LogP contribution is 2.25. The lowest BCUT2D eigenvalue weighted by molar-refractivity contribution is 0.1000. The third-order valence-corrected chi connectivity index (χ3v) is 4.04. The van der Waals surface area contributed by atoms with Gasteiger partial charge in [0, 0.05) is 12.1 Å². The van der Waals surface area contributed by atoms with Gasteiger partial charge in [-0.1, -0.05) is 18.2 Å². The molecular formula is C19H25ClN2O3. The summed E-state index contributed by atoms with van der Waals surface area (Å²) in [6, 6.07) is 12.4. The summed E-state index contributed by atoms with van der Waals surface area (Å²) in [5.41, 5.74) is 7.95. The molecule has 25 heavy (non-hydrogen) atoms. The summed E-state index contributed by atoms with van der Waals surface area (Å²) in [4.78, 5) is 13.4. The summed E-state index contributed by atoms with van der Waals surface area (Å²) in [7, 11) is 2.06. The van der Waals surface area contributed by atoms with Gasteiger partial charge in [-0.15, -0.1) is 12.4 Å². The van der Waals surface area contributed by atoms with E-state index in [4.69, 9.17) is 5.73 Å². The molecule has 4 N–H and O–H groups in total. The maximum Gasteiger partial charge on any atom is 0.248 e. The minimum atomic E-state index is -0.397. The number of primary amides is 1. The predicted octanol–water partition coefficient (Wildman–Crippen LogP) is 2.73. The molecule has 2 rings (SSSR count). The number of rotatable bonds is 8. The van der Waals surface area contributed by atoms with Crippen molar-refractivity contribution in [1.82, 2.24) is 4.90 Å². The van der Waals surface area contributed by atoms with Crippen LogP contribution in [-0.4, -0.2) is 41.2 Å². The van der Waals surface area contributed by atoms with Gasteiger partial charge in [0.25, 0.3) is 0 Å². The molecular weight excluding hydrogens is 340 g/mol. The van der Waals surface area contributed by atoms with Crippen molar-refractivity contribution in [2.75, 3.05) is 20.1 Å². The summed E-state index contributed by atoms with van der Waals surface area (Å²) in [6.07, 6.45) is 2.69. The molecule has 0 saturated carbocycles. The van der Waals surface area contributed by atoms with Crippen LogP contribution in [0.15, 0.2) is 42.5 Å². The monoisotopic (exact) mass is 364 g/mol. The second-order valence-electron chi connectivity index (χ2n) is 6.04. The zero-order valence-electron chi connectivity index (χ0n) is 14.3. The first-order valence-corrected chi connectivity index (χ1v) is 8.04. The Labute approximate surface area is 154 Å². The fourth-order valence-corrected chi connectivity index (χ4v) is 2.59. The van der Waals surface area contributed by atoms with Gasteiger partial charge >= 0.3 is 0 Å². The Morgan fingerprint density at radius 2 is 1.72 bits per heavy atom. The van der Waals surface area contributed by atoms with Crippen LogP contribution in [0, 0.1) is 0 Å². The molecule has 2 aromatic rings. The van der Waals surface area contributed by atoms with Crippen LogP contribution >= 0.6 is 12.4 Å². The molecule has 5 nitrogen and oxygen atoms in total. The number of aryl methyl sites for hydroxylation is 1.